The molecule has 0 bridgehead atoms. The molecule has 0 aliphatic carbocycles. The van der Waals surface area contributed by atoms with Crippen LogP contribution in [-0.2, 0) is 18.0 Å². The number of hydrogen-bond acceptors (Lipinski definition) is 5. The van der Waals surface area contributed by atoms with Crippen LogP contribution in [0.5, 0.6) is 17.2 Å². The van der Waals surface area contributed by atoms with Crippen molar-refractivity contribution in [1.29, 1.82) is 0 Å². The van der Waals surface area contributed by atoms with Crippen LogP contribution in [0.25, 0.3) is 5.69 Å². The van der Waals surface area contributed by atoms with Gasteiger partial charge in [-0.25, -0.2) is 13.8 Å². The van der Waals surface area contributed by atoms with Crippen LogP contribution in [0.3, 0.4) is 0 Å². The van der Waals surface area contributed by atoms with Crippen molar-refractivity contribution in [1.82, 2.24) is 9.13 Å². The van der Waals surface area contributed by atoms with Gasteiger partial charge in [0.15, 0.2) is 17.3 Å². The molecule has 7 nitrogen and oxygen atoms in total. The van der Waals surface area contributed by atoms with Crippen LogP contribution in [0, 0.1) is 5.82 Å². The first-order chi connectivity index (χ1) is 15.8. The van der Waals surface area contributed by atoms with E-state index in [1.54, 1.807) is 6.07 Å². The zero-order chi connectivity index (χ0) is 25.4. The predicted molar refractivity (Wildman–Crippen MR) is 120 cm³/mol. The maximum Gasteiger partial charge on any atom is 0.431 e. The number of rotatable bonds is 6. The number of ether oxygens (including phenoxy) is 2. The number of benzene rings is 2. The van der Waals surface area contributed by atoms with E-state index in [2.05, 4.69) is 31.9 Å². The molecular weight excluding hydrogens is 596 g/mol. The lowest BCUT2D eigenvalue weighted by atomic mass is 10.2. The van der Waals surface area contributed by atoms with Crippen molar-refractivity contribution in [2.24, 2.45) is 7.05 Å². The zero-order valence-corrected chi connectivity index (χ0v) is 20.5. The van der Waals surface area contributed by atoms with E-state index >= 15 is 0 Å². The van der Waals surface area contributed by atoms with E-state index in [4.69, 9.17) is 9.47 Å². The molecule has 0 saturated carbocycles. The van der Waals surface area contributed by atoms with E-state index < -0.39 is 34.6 Å². The van der Waals surface area contributed by atoms with Gasteiger partial charge in [-0.05, 0) is 47.1 Å². The number of halogens is 6. The van der Waals surface area contributed by atoms with Gasteiger partial charge in [0.1, 0.15) is 23.9 Å². The number of Topliss-reactive ketones (excluding diaryl/α,β-unsaturated/α-hetero) is 1. The summed E-state index contributed by atoms with van der Waals surface area (Å²) in [6, 6.07) is 6.70. The minimum atomic E-state index is -4.96. The Morgan fingerprint density at radius 1 is 1.03 bits per heavy atom. The first-order valence-electron chi connectivity index (χ1n) is 9.29. The lowest BCUT2D eigenvalue weighted by Gasteiger charge is -2.16. The Kier molecular flexibility index (Phi) is 7.36. The van der Waals surface area contributed by atoms with Crippen LogP contribution in [-0.4, -0.2) is 21.5 Å². The average molecular weight is 610 g/mol. The molecule has 180 valence electrons. The molecule has 3 rings (SSSR count). The summed E-state index contributed by atoms with van der Waals surface area (Å²) in [6.45, 7) is 1.08. The third-order valence-corrected chi connectivity index (χ3v) is 5.52. The molecule has 0 saturated heterocycles. The highest BCUT2D eigenvalue weighted by Crippen LogP contribution is 2.38. The van der Waals surface area contributed by atoms with E-state index in [0.717, 1.165) is 19.2 Å². The van der Waals surface area contributed by atoms with Gasteiger partial charge in [-0.15, -0.1) is 0 Å². The Morgan fingerprint density at radius 3 is 2.32 bits per heavy atom. The van der Waals surface area contributed by atoms with Crippen LogP contribution < -0.4 is 20.7 Å². The van der Waals surface area contributed by atoms with Gasteiger partial charge < -0.3 is 9.47 Å². The van der Waals surface area contributed by atoms with Crippen LogP contribution >= 0.6 is 31.9 Å². The second-order valence-corrected chi connectivity index (χ2v) is 8.73. The van der Waals surface area contributed by atoms with Gasteiger partial charge in [-0.3, -0.25) is 14.2 Å². The molecule has 0 atom stereocenters. The number of ketones is 1. The molecule has 13 heteroatoms. The fourth-order valence-corrected chi connectivity index (χ4v) is 3.60. The maximum atomic E-state index is 14.7. The Labute approximate surface area is 205 Å². The summed E-state index contributed by atoms with van der Waals surface area (Å²) in [5.41, 5.74) is -4.89. The van der Waals surface area contributed by atoms with Crippen molar-refractivity contribution in [3.05, 3.63) is 77.7 Å². The summed E-state index contributed by atoms with van der Waals surface area (Å²) >= 11 is 6.38. The fourth-order valence-electron chi connectivity index (χ4n) is 2.87. The molecule has 0 aliphatic rings. The normalized spacial score (nSPS) is 11.4. The van der Waals surface area contributed by atoms with Crippen molar-refractivity contribution >= 4 is 37.6 Å². The zero-order valence-electron chi connectivity index (χ0n) is 17.4. The van der Waals surface area contributed by atoms with Crippen molar-refractivity contribution in [2.45, 2.75) is 13.1 Å². The van der Waals surface area contributed by atoms with E-state index in [-0.39, 0.29) is 49.3 Å². The Hall–Kier alpha value is -2.93. The third-order valence-electron chi connectivity index (χ3n) is 4.41. The highest BCUT2D eigenvalue weighted by atomic mass is 79.9. The monoisotopic (exact) mass is 608 g/mol. The lowest BCUT2D eigenvalue weighted by molar-refractivity contribution is -0.144. The second kappa shape index (κ2) is 9.74. The van der Waals surface area contributed by atoms with Crippen LogP contribution in [0.15, 0.2) is 54.9 Å². The molecule has 0 radical (unpaired) electrons. The Balaban J connectivity index is 2.14. The molecule has 0 amide bonds. The number of nitrogens with zero attached hydrogens (tertiary/aromatic N) is 2. The van der Waals surface area contributed by atoms with Crippen molar-refractivity contribution in [3.63, 3.8) is 0 Å². The van der Waals surface area contributed by atoms with Gasteiger partial charge in [0.05, 0.1) is 10.2 Å². The first kappa shape index (κ1) is 25.7. The highest BCUT2D eigenvalue weighted by Gasteiger charge is 2.35. The topological polar surface area (TPSA) is 79.5 Å². The molecule has 1 aromatic heterocycles. The summed E-state index contributed by atoms with van der Waals surface area (Å²) in [5, 5.41) is 0. The number of aromatic nitrogens is 2. The minimum absolute atomic E-state index is 0.0722. The molecule has 34 heavy (non-hydrogen) atoms. The van der Waals surface area contributed by atoms with Gasteiger partial charge in [0.2, 0.25) is 0 Å². The second-order valence-electron chi connectivity index (χ2n) is 6.96. The molecule has 2 aromatic carbocycles. The van der Waals surface area contributed by atoms with Gasteiger partial charge in [0, 0.05) is 23.7 Å². The highest BCUT2D eigenvalue weighted by molar-refractivity contribution is 9.10. The molecule has 0 aliphatic heterocycles. The molecule has 0 unspecified atom stereocenters. The molecule has 0 fully saturated rings. The summed E-state index contributed by atoms with van der Waals surface area (Å²) in [7, 11) is 0.815. The van der Waals surface area contributed by atoms with E-state index in [1.807, 2.05) is 0 Å². The Bertz CT molecular complexity index is 1400. The molecule has 0 N–H and O–H groups in total. The molecule has 3 aromatic rings. The summed E-state index contributed by atoms with van der Waals surface area (Å²) in [5.74, 6) is -1.14. The van der Waals surface area contributed by atoms with Gasteiger partial charge in [0.25, 0.3) is 5.56 Å². The number of alkyl halides is 3. The maximum absolute atomic E-state index is 14.7. The van der Waals surface area contributed by atoms with Gasteiger partial charge in [-0.2, -0.15) is 13.2 Å². The number of carbonyl (C=O) groups is 1. The van der Waals surface area contributed by atoms with Gasteiger partial charge in [-0.1, -0.05) is 15.9 Å². The average Bonchev–Trinajstić information content (AvgIpc) is 2.72. The number of carbonyl (C=O) groups excluding carboxylic acids is 1. The standard InChI is InChI=1S/C21H14Br2F4N2O5/c1-10(30)9-33-15-4-3-11(22)5-17(15)34-16-7-14(13(24)6-12(16)23)29-19(31)8-18(21(25,26)27)28(2)20(29)32/h3-8H,9H2,1-2H3. The number of hydrogen-bond donors (Lipinski definition) is 0. The minimum Gasteiger partial charge on any atom is -0.482 e. The molecule has 0 spiro atoms. The quantitative estimate of drug-likeness (QED) is 0.369. The van der Waals surface area contributed by atoms with Crippen molar-refractivity contribution in [2.75, 3.05) is 6.61 Å². The fraction of sp³-hybridized carbons (Fsp3) is 0.190. The largest absolute Gasteiger partial charge is 0.482 e. The van der Waals surface area contributed by atoms with Crippen LogP contribution in [0.4, 0.5) is 17.6 Å². The lowest BCUT2D eigenvalue weighted by Crippen LogP contribution is -2.41. The summed E-state index contributed by atoms with van der Waals surface area (Å²) in [6.07, 6.45) is -4.96. The first-order valence-corrected chi connectivity index (χ1v) is 10.9. The van der Waals surface area contributed by atoms with E-state index in [1.165, 1.54) is 19.1 Å². The smallest absolute Gasteiger partial charge is 0.431 e. The Morgan fingerprint density at radius 2 is 1.71 bits per heavy atom. The molecular formula is C21H14Br2F4N2O5. The predicted octanol–water partition coefficient (Wildman–Crippen LogP) is 4.98. The summed E-state index contributed by atoms with van der Waals surface area (Å²) < 4.78 is 66.4. The SMILES string of the molecule is CC(=O)COc1ccc(Br)cc1Oc1cc(-n2c(=O)cc(C(F)(F)F)n(C)c2=O)c(F)cc1Br. The van der Waals surface area contributed by atoms with Crippen molar-refractivity contribution in [3.8, 4) is 22.9 Å². The summed E-state index contributed by atoms with van der Waals surface area (Å²) in [4.78, 5) is 36.2. The van der Waals surface area contributed by atoms with Crippen molar-refractivity contribution < 1.29 is 31.8 Å². The van der Waals surface area contributed by atoms with E-state index in [0.29, 0.717) is 4.47 Å². The molecule has 1 heterocycles. The van der Waals surface area contributed by atoms with Crippen LogP contribution in [0.1, 0.15) is 12.6 Å². The van der Waals surface area contributed by atoms with E-state index in [9.17, 15) is 31.9 Å². The third kappa shape index (κ3) is 5.41. The van der Waals surface area contributed by atoms with Gasteiger partial charge >= 0.3 is 11.9 Å². The van der Waals surface area contributed by atoms with Crippen LogP contribution in [0.2, 0.25) is 0 Å².